The highest BCUT2D eigenvalue weighted by atomic mass is 79.9. The van der Waals surface area contributed by atoms with Gasteiger partial charge in [0.2, 0.25) is 0 Å². The third kappa shape index (κ3) is 2.93. The largest absolute Gasteiger partial charge is 0.260 e. The third-order valence-corrected chi connectivity index (χ3v) is 4.25. The van der Waals surface area contributed by atoms with Gasteiger partial charge < -0.3 is 0 Å². The molecule has 3 rings (SSSR count). The van der Waals surface area contributed by atoms with Gasteiger partial charge in [0, 0.05) is 26.3 Å². The van der Waals surface area contributed by atoms with Gasteiger partial charge in [-0.25, -0.2) is 4.39 Å². The summed E-state index contributed by atoms with van der Waals surface area (Å²) in [5, 5.41) is 7.14. The molecule has 2 nitrogen and oxygen atoms in total. The van der Waals surface area contributed by atoms with Crippen molar-refractivity contribution in [3.8, 4) is 0 Å². The van der Waals surface area contributed by atoms with Crippen LogP contribution in [0.1, 0.15) is 11.3 Å². The lowest BCUT2D eigenvalue weighted by atomic mass is 10.2. The minimum Gasteiger partial charge on any atom is -0.260 e. The Balaban J connectivity index is 2.08. The van der Waals surface area contributed by atoms with E-state index in [1.807, 2.05) is 12.1 Å². The van der Waals surface area contributed by atoms with Crippen molar-refractivity contribution >= 4 is 50.0 Å². The molecule has 3 aromatic rings. The topological polar surface area (TPSA) is 17.8 Å². The molecule has 0 aliphatic rings. The molecule has 1 aromatic heterocycles. The van der Waals surface area contributed by atoms with Crippen LogP contribution in [0, 0.1) is 5.82 Å². The Bertz CT molecular complexity index is 817. The van der Waals surface area contributed by atoms with E-state index in [9.17, 15) is 4.39 Å². The van der Waals surface area contributed by atoms with Gasteiger partial charge in [0.25, 0.3) is 0 Å². The maximum Gasteiger partial charge on any atom is 0.129 e. The molecule has 0 N–H and O–H groups in total. The summed E-state index contributed by atoms with van der Waals surface area (Å²) >= 11 is 15.2. The highest BCUT2D eigenvalue weighted by molar-refractivity contribution is 9.08. The van der Waals surface area contributed by atoms with Crippen LogP contribution in [-0.2, 0) is 11.9 Å². The zero-order valence-electron chi connectivity index (χ0n) is 10.8. The van der Waals surface area contributed by atoms with Gasteiger partial charge in [0.05, 0.1) is 17.8 Å². The van der Waals surface area contributed by atoms with Crippen LogP contribution in [0.3, 0.4) is 0 Å². The first-order chi connectivity index (χ1) is 10.1. The van der Waals surface area contributed by atoms with Crippen molar-refractivity contribution in [2.45, 2.75) is 11.9 Å². The minimum absolute atomic E-state index is 0.333. The van der Waals surface area contributed by atoms with E-state index >= 15 is 0 Å². The third-order valence-electron chi connectivity index (χ3n) is 3.25. The van der Waals surface area contributed by atoms with E-state index in [-0.39, 0.29) is 5.82 Å². The lowest BCUT2D eigenvalue weighted by Crippen LogP contribution is -2.04. The summed E-state index contributed by atoms with van der Waals surface area (Å²) in [6.07, 6.45) is 0. The Labute approximate surface area is 139 Å². The van der Waals surface area contributed by atoms with E-state index in [0.717, 1.165) is 16.6 Å². The van der Waals surface area contributed by atoms with Crippen LogP contribution in [0.2, 0.25) is 10.0 Å². The Morgan fingerprint density at radius 1 is 1.10 bits per heavy atom. The highest BCUT2D eigenvalue weighted by Crippen LogP contribution is 2.25. The monoisotopic (exact) mass is 386 g/mol. The summed E-state index contributed by atoms with van der Waals surface area (Å²) in [4.78, 5) is 0. The van der Waals surface area contributed by atoms with E-state index in [2.05, 4.69) is 21.0 Å². The smallest absolute Gasteiger partial charge is 0.129 e. The van der Waals surface area contributed by atoms with Gasteiger partial charge in [-0.1, -0.05) is 45.2 Å². The molecule has 0 fully saturated rings. The normalized spacial score (nSPS) is 11.2. The Morgan fingerprint density at radius 3 is 2.52 bits per heavy atom. The molecule has 0 unspecified atom stereocenters. The van der Waals surface area contributed by atoms with Gasteiger partial charge >= 0.3 is 0 Å². The van der Waals surface area contributed by atoms with Gasteiger partial charge in [-0.05, 0) is 30.3 Å². The number of nitrogens with zero attached hydrogens (tertiary/aromatic N) is 2. The predicted octanol–water partition coefficient (Wildman–Crippen LogP) is 5.43. The summed E-state index contributed by atoms with van der Waals surface area (Å²) in [6.45, 7) is 0.341. The van der Waals surface area contributed by atoms with Crippen LogP contribution in [0.15, 0.2) is 36.4 Å². The van der Waals surface area contributed by atoms with Crippen LogP contribution in [0.25, 0.3) is 10.9 Å². The average Bonchev–Trinajstić information content (AvgIpc) is 2.79. The zero-order valence-corrected chi connectivity index (χ0v) is 13.9. The molecular weight excluding hydrogens is 378 g/mol. The van der Waals surface area contributed by atoms with Crippen LogP contribution >= 0.6 is 39.1 Å². The number of fused-ring (bicyclic) bond motifs is 1. The van der Waals surface area contributed by atoms with Crippen LogP contribution in [0.4, 0.5) is 4.39 Å². The number of halogens is 4. The number of alkyl halides is 1. The molecule has 21 heavy (non-hydrogen) atoms. The number of benzene rings is 2. The molecule has 0 atom stereocenters. The van der Waals surface area contributed by atoms with Crippen molar-refractivity contribution in [3.63, 3.8) is 0 Å². The molecule has 0 saturated heterocycles. The van der Waals surface area contributed by atoms with Crippen molar-refractivity contribution in [1.82, 2.24) is 9.78 Å². The van der Waals surface area contributed by atoms with Crippen LogP contribution in [0.5, 0.6) is 0 Å². The molecule has 0 amide bonds. The van der Waals surface area contributed by atoms with Gasteiger partial charge in [-0.3, -0.25) is 4.68 Å². The minimum atomic E-state index is -0.333. The zero-order chi connectivity index (χ0) is 15.0. The Kier molecular flexibility index (Phi) is 4.20. The van der Waals surface area contributed by atoms with E-state index < -0.39 is 0 Å². The van der Waals surface area contributed by atoms with Crippen molar-refractivity contribution in [2.24, 2.45) is 0 Å². The summed E-state index contributed by atoms with van der Waals surface area (Å²) in [5.74, 6) is -0.333. The average molecular weight is 388 g/mol. The van der Waals surface area contributed by atoms with Gasteiger partial charge in [0.1, 0.15) is 5.82 Å². The van der Waals surface area contributed by atoms with Crippen molar-refractivity contribution in [3.05, 3.63) is 63.5 Å². The molecule has 0 radical (unpaired) electrons. The van der Waals surface area contributed by atoms with Crippen LogP contribution in [-0.4, -0.2) is 9.78 Å². The van der Waals surface area contributed by atoms with Gasteiger partial charge in [-0.15, -0.1) is 0 Å². The quantitative estimate of drug-likeness (QED) is 0.548. The molecule has 0 spiro atoms. The molecule has 108 valence electrons. The lowest BCUT2D eigenvalue weighted by molar-refractivity contribution is 0.589. The molecule has 2 aromatic carbocycles. The first-order valence-corrected chi connectivity index (χ1v) is 8.11. The SMILES string of the molecule is Fc1cc(Cl)ccc1Cn1nc(CBr)c2cc(Cl)ccc21. The first-order valence-electron chi connectivity index (χ1n) is 6.23. The molecule has 1 heterocycles. The molecule has 0 aliphatic carbocycles. The summed E-state index contributed by atoms with van der Waals surface area (Å²) in [5.41, 5.74) is 2.34. The standard InChI is InChI=1S/C15H10BrCl2FN2/c16-7-14-12-5-10(17)3-4-15(12)21(20-14)8-9-1-2-11(18)6-13(9)19/h1-6H,7-8H2. The maximum atomic E-state index is 13.9. The molecule has 0 saturated carbocycles. The second kappa shape index (κ2) is 5.95. The van der Waals surface area contributed by atoms with E-state index in [0.29, 0.717) is 27.5 Å². The predicted molar refractivity (Wildman–Crippen MR) is 87.9 cm³/mol. The van der Waals surface area contributed by atoms with Crippen molar-refractivity contribution in [2.75, 3.05) is 0 Å². The number of hydrogen-bond acceptors (Lipinski definition) is 1. The summed E-state index contributed by atoms with van der Waals surface area (Å²) in [6, 6.07) is 10.2. The Hall–Kier alpha value is -1.10. The van der Waals surface area contributed by atoms with E-state index in [1.165, 1.54) is 6.07 Å². The molecule has 6 heteroatoms. The number of rotatable bonds is 3. The second-order valence-corrected chi connectivity index (χ2v) is 6.07. The lowest BCUT2D eigenvalue weighted by Gasteiger charge is -2.05. The summed E-state index contributed by atoms with van der Waals surface area (Å²) in [7, 11) is 0. The number of hydrogen-bond donors (Lipinski definition) is 0. The molecule has 0 aliphatic heterocycles. The fourth-order valence-corrected chi connectivity index (χ4v) is 2.99. The fourth-order valence-electron chi connectivity index (χ4n) is 2.25. The summed E-state index contributed by atoms with van der Waals surface area (Å²) < 4.78 is 15.7. The van der Waals surface area contributed by atoms with Crippen molar-refractivity contribution < 1.29 is 4.39 Å². The maximum absolute atomic E-state index is 13.9. The van der Waals surface area contributed by atoms with E-state index in [4.69, 9.17) is 23.2 Å². The van der Waals surface area contributed by atoms with Gasteiger partial charge in [-0.2, -0.15) is 5.10 Å². The van der Waals surface area contributed by atoms with Crippen LogP contribution < -0.4 is 0 Å². The second-order valence-electron chi connectivity index (χ2n) is 4.64. The highest BCUT2D eigenvalue weighted by Gasteiger charge is 2.12. The molecule has 0 bridgehead atoms. The Morgan fingerprint density at radius 2 is 1.81 bits per heavy atom. The van der Waals surface area contributed by atoms with Gasteiger partial charge in [0.15, 0.2) is 0 Å². The molecular formula is C15H10BrCl2FN2. The number of aromatic nitrogens is 2. The fraction of sp³-hybridized carbons (Fsp3) is 0.133. The van der Waals surface area contributed by atoms with E-state index in [1.54, 1.807) is 22.9 Å². The first kappa shape index (κ1) is 14.8. The van der Waals surface area contributed by atoms with Crippen molar-refractivity contribution in [1.29, 1.82) is 0 Å².